The van der Waals surface area contributed by atoms with Gasteiger partial charge in [-0.15, -0.1) is 11.8 Å². The third-order valence-electron chi connectivity index (χ3n) is 6.55. The molecule has 0 saturated carbocycles. The third kappa shape index (κ3) is 5.73. The molecule has 5 rings (SSSR count). The molecule has 1 aliphatic heterocycles. The number of benzene rings is 3. The van der Waals surface area contributed by atoms with Gasteiger partial charge in [0.05, 0.1) is 29.0 Å². The zero-order chi connectivity index (χ0) is 28.1. The van der Waals surface area contributed by atoms with Crippen LogP contribution >= 0.6 is 23.1 Å². The number of carbonyl (C=O) groups excluding carboxylic acids is 1. The number of nitrogens with zero attached hydrogens (tertiary/aromatic N) is 2. The van der Waals surface area contributed by atoms with E-state index in [-0.39, 0.29) is 12.2 Å². The second-order valence-corrected chi connectivity index (χ2v) is 10.9. The van der Waals surface area contributed by atoms with Crippen molar-refractivity contribution < 1.29 is 14.3 Å². The van der Waals surface area contributed by atoms with Crippen molar-refractivity contribution in [3.05, 3.63) is 133 Å². The normalized spacial score (nSPS) is 15.2. The van der Waals surface area contributed by atoms with Gasteiger partial charge in [-0.25, -0.2) is 9.79 Å². The zero-order valence-electron chi connectivity index (χ0n) is 22.4. The van der Waals surface area contributed by atoms with Crippen LogP contribution in [0.15, 0.2) is 111 Å². The molecule has 1 aliphatic rings. The van der Waals surface area contributed by atoms with Gasteiger partial charge < -0.3 is 9.47 Å². The molecule has 1 atom stereocenters. The molecular formula is C32H28N2O4S2. The van der Waals surface area contributed by atoms with Gasteiger partial charge in [0.25, 0.3) is 5.56 Å². The Morgan fingerprint density at radius 1 is 1.05 bits per heavy atom. The number of carbonyl (C=O) groups is 1. The predicted octanol–water partition coefficient (Wildman–Crippen LogP) is 5.37. The van der Waals surface area contributed by atoms with E-state index >= 15 is 0 Å². The molecule has 1 aromatic heterocycles. The molecule has 4 aromatic rings. The van der Waals surface area contributed by atoms with Crippen molar-refractivity contribution in [2.45, 2.75) is 24.5 Å². The highest BCUT2D eigenvalue weighted by Gasteiger charge is 2.33. The van der Waals surface area contributed by atoms with Gasteiger partial charge in [0.2, 0.25) is 0 Å². The molecule has 0 aliphatic carbocycles. The lowest BCUT2D eigenvalue weighted by Gasteiger charge is -2.25. The number of methoxy groups -OCH3 is 1. The van der Waals surface area contributed by atoms with Crippen molar-refractivity contribution in [1.29, 1.82) is 0 Å². The molecule has 202 valence electrons. The van der Waals surface area contributed by atoms with E-state index in [0.29, 0.717) is 20.6 Å². The van der Waals surface area contributed by atoms with E-state index < -0.39 is 12.0 Å². The number of fused-ring (bicyclic) bond motifs is 1. The van der Waals surface area contributed by atoms with Gasteiger partial charge in [0, 0.05) is 10.5 Å². The second kappa shape index (κ2) is 12.4. The maximum atomic E-state index is 13.8. The van der Waals surface area contributed by atoms with Crippen LogP contribution in [0.5, 0.6) is 5.75 Å². The number of aromatic nitrogens is 1. The summed E-state index contributed by atoms with van der Waals surface area (Å²) in [5.41, 5.74) is 3.28. The fourth-order valence-electron chi connectivity index (χ4n) is 4.54. The lowest BCUT2D eigenvalue weighted by Crippen LogP contribution is -2.39. The number of rotatable bonds is 8. The third-order valence-corrected chi connectivity index (χ3v) is 8.29. The zero-order valence-corrected chi connectivity index (χ0v) is 24.0. The average molecular weight is 569 g/mol. The highest BCUT2D eigenvalue weighted by atomic mass is 32.2. The number of allylic oxidation sites excluding steroid dienone is 2. The van der Waals surface area contributed by atoms with Crippen molar-refractivity contribution in [2.75, 3.05) is 13.4 Å². The Bertz CT molecular complexity index is 1770. The minimum Gasteiger partial charge on any atom is -0.496 e. The minimum atomic E-state index is -0.657. The first-order chi connectivity index (χ1) is 19.5. The van der Waals surface area contributed by atoms with Gasteiger partial charge in [-0.3, -0.25) is 9.36 Å². The molecule has 40 heavy (non-hydrogen) atoms. The van der Waals surface area contributed by atoms with Crippen molar-refractivity contribution >= 4 is 41.2 Å². The van der Waals surface area contributed by atoms with Crippen LogP contribution in [0.25, 0.3) is 12.2 Å². The molecule has 0 spiro atoms. The maximum absolute atomic E-state index is 13.8. The van der Waals surface area contributed by atoms with Crippen LogP contribution in [0.1, 0.15) is 29.7 Å². The average Bonchev–Trinajstić information content (AvgIpc) is 3.30. The van der Waals surface area contributed by atoms with Crippen LogP contribution in [-0.4, -0.2) is 23.9 Å². The SMILES string of the molecule is COc1ccccc1C=CC=c1sc2n(c1=O)C(c1ccc(SC)cc1)C(C(=O)OCc1ccccc1)=C(C)N=2. The molecule has 0 bridgehead atoms. The van der Waals surface area contributed by atoms with E-state index in [0.717, 1.165) is 27.3 Å². The predicted molar refractivity (Wildman–Crippen MR) is 161 cm³/mol. The molecule has 0 saturated heterocycles. The molecule has 0 fully saturated rings. The first-order valence-electron chi connectivity index (χ1n) is 12.7. The summed E-state index contributed by atoms with van der Waals surface area (Å²) >= 11 is 2.93. The summed E-state index contributed by atoms with van der Waals surface area (Å²) in [5.74, 6) is 0.256. The lowest BCUT2D eigenvalue weighted by molar-refractivity contribution is -0.140. The van der Waals surface area contributed by atoms with Crippen LogP contribution in [-0.2, 0) is 16.1 Å². The molecule has 0 amide bonds. The van der Waals surface area contributed by atoms with Gasteiger partial charge in [0.1, 0.15) is 12.4 Å². The number of thiazole rings is 1. The topological polar surface area (TPSA) is 69.9 Å². The van der Waals surface area contributed by atoms with Gasteiger partial charge >= 0.3 is 5.97 Å². The minimum absolute atomic E-state index is 0.132. The monoisotopic (exact) mass is 568 g/mol. The Morgan fingerprint density at radius 3 is 2.50 bits per heavy atom. The molecule has 3 aromatic carbocycles. The molecule has 2 heterocycles. The molecule has 6 nitrogen and oxygen atoms in total. The molecule has 0 radical (unpaired) electrons. The van der Waals surface area contributed by atoms with Gasteiger partial charge in [-0.05, 0) is 48.6 Å². The maximum Gasteiger partial charge on any atom is 0.338 e. The van der Waals surface area contributed by atoms with E-state index in [9.17, 15) is 9.59 Å². The summed E-state index contributed by atoms with van der Waals surface area (Å²) in [6.07, 6.45) is 7.51. The number of thioether (sulfide) groups is 1. The van der Waals surface area contributed by atoms with E-state index in [2.05, 4.69) is 4.99 Å². The van der Waals surface area contributed by atoms with Gasteiger partial charge in [-0.2, -0.15) is 0 Å². The number of esters is 1. The second-order valence-electron chi connectivity index (χ2n) is 9.04. The molecular weight excluding hydrogens is 540 g/mol. The van der Waals surface area contributed by atoms with Crippen molar-refractivity contribution in [3.8, 4) is 5.75 Å². The summed E-state index contributed by atoms with van der Waals surface area (Å²) in [4.78, 5) is 33.6. The molecule has 0 N–H and O–H groups in total. The number of para-hydroxylation sites is 1. The summed E-state index contributed by atoms with van der Waals surface area (Å²) in [7, 11) is 1.63. The fraction of sp³-hybridized carbons (Fsp3) is 0.156. The van der Waals surface area contributed by atoms with Gasteiger partial charge in [-0.1, -0.05) is 84.2 Å². The number of hydrogen-bond acceptors (Lipinski definition) is 7. The van der Waals surface area contributed by atoms with Crippen LogP contribution in [0.4, 0.5) is 0 Å². The number of ether oxygens (including phenoxy) is 2. The first kappa shape index (κ1) is 27.4. The Kier molecular flexibility index (Phi) is 8.48. The van der Waals surface area contributed by atoms with Crippen LogP contribution in [0.2, 0.25) is 0 Å². The summed E-state index contributed by atoms with van der Waals surface area (Å²) in [6.45, 7) is 1.92. The van der Waals surface area contributed by atoms with E-state index in [1.54, 1.807) is 36.4 Å². The van der Waals surface area contributed by atoms with E-state index in [1.165, 1.54) is 11.3 Å². The van der Waals surface area contributed by atoms with E-state index in [4.69, 9.17) is 9.47 Å². The Balaban J connectivity index is 1.56. The van der Waals surface area contributed by atoms with Crippen molar-refractivity contribution in [1.82, 2.24) is 4.57 Å². The summed E-state index contributed by atoms with van der Waals surface area (Å²) in [6, 6.07) is 24.4. The van der Waals surface area contributed by atoms with Crippen LogP contribution in [0, 0.1) is 0 Å². The Morgan fingerprint density at radius 2 is 1.77 bits per heavy atom. The van der Waals surface area contributed by atoms with Crippen LogP contribution < -0.4 is 19.6 Å². The first-order valence-corrected chi connectivity index (χ1v) is 14.7. The summed E-state index contributed by atoms with van der Waals surface area (Å²) in [5, 5.41) is 0. The number of hydrogen-bond donors (Lipinski definition) is 0. The summed E-state index contributed by atoms with van der Waals surface area (Å²) < 4.78 is 13.3. The Hall–Kier alpha value is -4.14. The van der Waals surface area contributed by atoms with Crippen molar-refractivity contribution in [2.24, 2.45) is 4.99 Å². The molecule has 1 unspecified atom stereocenters. The lowest BCUT2D eigenvalue weighted by atomic mass is 9.96. The Labute approximate surface area is 240 Å². The van der Waals surface area contributed by atoms with Gasteiger partial charge in [0.15, 0.2) is 4.80 Å². The largest absolute Gasteiger partial charge is 0.496 e. The fourth-order valence-corrected chi connectivity index (χ4v) is 5.95. The molecule has 8 heteroatoms. The van der Waals surface area contributed by atoms with Crippen molar-refractivity contribution in [3.63, 3.8) is 0 Å². The van der Waals surface area contributed by atoms with E-state index in [1.807, 2.05) is 97.3 Å². The highest BCUT2D eigenvalue weighted by Crippen LogP contribution is 2.32. The highest BCUT2D eigenvalue weighted by molar-refractivity contribution is 7.98. The quantitative estimate of drug-likeness (QED) is 0.211. The smallest absolute Gasteiger partial charge is 0.338 e. The van der Waals surface area contributed by atoms with Crippen LogP contribution in [0.3, 0.4) is 0 Å². The standard InChI is InChI=1S/C32H28N2O4S2/c1-21-28(31(36)38-20-22-10-5-4-6-11-22)29(24-16-18-25(39-3)19-17-24)34-30(35)27(40-32(34)33-21)15-9-13-23-12-7-8-14-26(23)37-2/h4-19,29H,20H2,1-3H3.